The number of carbonyl (C=O) groups excluding carboxylic acids is 1. The van der Waals surface area contributed by atoms with Gasteiger partial charge in [-0.15, -0.1) is 0 Å². The van der Waals surface area contributed by atoms with Gasteiger partial charge in [-0.05, 0) is 36.3 Å². The number of hydrogen-bond donors (Lipinski definition) is 2. The number of aliphatic hydroxyl groups excluding tert-OH is 2. The van der Waals surface area contributed by atoms with E-state index in [4.69, 9.17) is 0 Å². The molecule has 0 aromatic rings. The van der Waals surface area contributed by atoms with Crippen LogP contribution >= 0.6 is 0 Å². The molecule has 2 N–H and O–H groups in total. The minimum atomic E-state index is -0.698. The Morgan fingerprint density at radius 2 is 2.11 bits per heavy atom. The standard InChI is InChI=1S/C15H22O3/c1-8(2)10-7-15(4)9(3)12(16)6-14(18)11(15)5-13(10)17/h5,9-10,12,14,16,18H,1,6-7H2,2-4H3/t9-,10+,12?,14?,15+/m0/s1. The highest BCUT2D eigenvalue weighted by molar-refractivity contribution is 5.95. The summed E-state index contributed by atoms with van der Waals surface area (Å²) in [6.45, 7) is 9.79. The normalized spacial score (nSPS) is 44.3. The first-order valence-electron chi connectivity index (χ1n) is 6.55. The van der Waals surface area contributed by atoms with Crippen LogP contribution in [-0.4, -0.2) is 28.2 Å². The summed E-state index contributed by atoms with van der Waals surface area (Å²) in [5.74, 6) is -0.0987. The smallest absolute Gasteiger partial charge is 0.162 e. The minimum absolute atomic E-state index is 0.0395. The van der Waals surface area contributed by atoms with Gasteiger partial charge in [0.05, 0.1) is 12.2 Å². The third-order valence-electron chi connectivity index (χ3n) is 4.93. The first-order chi connectivity index (χ1) is 8.27. The second-order valence-corrected chi connectivity index (χ2v) is 6.13. The Morgan fingerprint density at radius 3 is 2.67 bits per heavy atom. The maximum absolute atomic E-state index is 12.1. The molecule has 0 saturated heterocycles. The van der Waals surface area contributed by atoms with Crippen LogP contribution in [0.1, 0.15) is 33.6 Å². The molecule has 0 heterocycles. The molecule has 100 valence electrons. The summed E-state index contributed by atoms with van der Waals surface area (Å²) in [5.41, 5.74) is 1.34. The summed E-state index contributed by atoms with van der Waals surface area (Å²) in [6.07, 6.45) is 1.35. The molecule has 1 fully saturated rings. The molecule has 0 amide bonds. The molecule has 0 aromatic carbocycles. The van der Waals surface area contributed by atoms with Gasteiger partial charge in [0.15, 0.2) is 5.78 Å². The van der Waals surface area contributed by atoms with Crippen LogP contribution in [0.4, 0.5) is 0 Å². The molecule has 18 heavy (non-hydrogen) atoms. The molecule has 0 aliphatic heterocycles. The van der Waals surface area contributed by atoms with Gasteiger partial charge in [-0.2, -0.15) is 0 Å². The molecule has 0 aromatic heterocycles. The zero-order valence-electron chi connectivity index (χ0n) is 11.3. The fourth-order valence-electron chi connectivity index (χ4n) is 3.39. The van der Waals surface area contributed by atoms with E-state index in [1.807, 2.05) is 20.8 Å². The van der Waals surface area contributed by atoms with Gasteiger partial charge in [-0.1, -0.05) is 26.0 Å². The summed E-state index contributed by atoms with van der Waals surface area (Å²) >= 11 is 0. The average Bonchev–Trinajstić information content (AvgIpc) is 2.28. The van der Waals surface area contributed by atoms with Crippen LogP contribution in [0, 0.1) is 17.3 Å². The maximum Gasteiger partial charge on any atom is 0.162 e. The second kappa shape index (κ2) is 4.32. The fraction of sp³-hybridized carbons (Fsp3) is 0.667. The lowest BCUT2D eigenvalue weighted by Gasteiger charge is -2.50. The zero-order valence-corrected chi connectivity index (χ0v) is 11.3. The Bertz CT molecular complexity index is 423. The van der Waals surface area contributed by atoms with E-state index < -0.39 is 12.2 Å². The van der Waals surface area contributed by atoms with E-state index >= 15 is 0 Å². The van der Waals surface area contributed by atoms with Crippen molar-refractivity contribution >= 4 is 5.78 Å². The number of rotatable bonds is 1. The maximum atomic E-state index is 12.1. The SMILES string of the molecule is C=C(C)[C@H]1C[C@@]2(C)C(=CC1=O)C(O)CC(O)[C@@H]2C. The summed E-state index contributed by atoms with van der Waals surface area (Å²) in [6, 6.07) is 0. The summed E-state index contributed by atoms with van der Waals surface area (Å²) in [7, 11) is 0. The molecule has 0 spiro atoms. The Kier molecular flexibility index (Phi) is 3.24. The lowest BCUT2D eigenvalue weighted by atomic mass is 9.56. The first-order valence-corrected chi connectivity index (χ1v) is 6.55. The molecule has 2 rings (SSSR count). The van der Waals surface area contributed by atoms with Gasteiger partial charge in [0.25, 0.3) is 0 Å². The Hall–Kier alpha value is -0.930. The molecule has 2 aliphatic rings. The Labute approximate surface area is 108 Å². The number of hydrogen-bond acceptors (Lipinski definition) is 3. The highest BCUT2D eigenvalue weighted by Crippen LogP contribution is 2.52. The van der Waals surface area contributed by atoms with Gasteiger partial charge in [0.2, 0.25) is 0 Å². The third kappa shape index (κ3) is 1.86. The number of carbonyl (C=O) groups is 1. The minimum Gasteiger partial charge on any atom is -0.393 e. The van der Waals surface area contributed by atoms with E-state index in [0.717, 1.165) is 11.1 Å². The van der Waals surface area contributed by atoms with Crippen LogP contribution in [0.15, 0.2) is 23.8 Å². The van der Waals surface area contributed by atoms with Crippen LogP contribution < -0.4 is 0 Å². The predicted octanol–water partition coefficient (Wildman–Crippen LogP) is 1.85. The van der Waals surface area contributed by atoms with Crippen molar-refractivity contribution in [1.29, 1.82) is 0 Å². The van der Waals surface area contributed by atoms with Crippen LogP contribution in [0.3, 0.4) is 0 Å². The van der Waals surface area contributed by atoms with Crippen LogP contribution in [0.5, 0.6) is 0 Å². The van der Waals surface area contributed by atoms with Crippen LogP contribution in [0.25, 0.3) is 0 Å². The highest BCUT2D eigenvalue weighted by Gasteiger charge is 2.50. The van der Waals surface area contributed by atoms with Gasteiger partial charge in [-0.25, -0.2) is 0 Å². The Morgan fingerprint density at radius 1 is 1.50 bits per heavy atom. The zero-order chi connectivity index (χ0) is 13.7. The summed E-state index contributed by atoms with van der Waals surface area (Å²) in [5, 5.41) is 20.1. The van der Waals surface area contributed by atoms with Crippen molar-refractivity contribution in [1.82, 2.24) is 0 Å². The van der Waals surface area contributed by atoms with Gasteiger partial charge >= 0.3 is 0 Å². The quantitative estimate of drug-likeness (QED) is 0.698. The molecule has 2 unspecified atom stereocenters. The second-order valence-electron chi connectivity index (χ2n) is 6.13. The number of ketones is 1. The van der Waals surface area contributed by atoms with Crippen molar-refractivity contribution in [3.63, 3.8) is 0 Å². The fourth-order valence-corrected chi connectivity index (χ4v) is 3.39. The predicted molar refractivity (Wildman–Crippen MR) is 69.9 cm³/mol. The summed E-state index contributed by atoms with van der Waals surface area (Å²) in [4.78, 5) is 12.1. The number of aliphatic hydroxyl groups is 2. The van der Waals surface area contributed by atoms with Crippen LogP contribution in [-0.2, 0) is 4.79 Å². The first kappa shape index (κ1) is 13.5. The van der Waals surface area contributed by atoms with Crippen LogP contribution in [0.2, 0.25) is 0 Å². The van der Waals surface area contributed by atoms with E-state index in [2.05, 4.69) is 6.58 Å². The topological polar surface area (TPSA) is 57.5 Å². The lowest BCUT2D eigenvalue weighted by molar-refractivity contribution is -0.121. The molecule has 5 atom stereocenters. The molecule has 3 nitrogen and oxygen atoms in total. The van der Waals surface area contributed by atoms with Crippen molar-refractivity contribution in [3.8, 4) is 0 Å². The molecule has 1 saturated carbocycles. The lowest BCUT2D eigenvalue weighted by Crippen LogP contribution is -2.50. The van der Waals surface area contributed by atoms with Crippen molar-refractivity contribution in [2.24, 2.45) is 17.3 Å². The van der Waals surface area contributed by atoms with Gasteiger partial charge in [-0.3, -0.25) is 4.79 Å². The third-order valence-corrected chi connectivity index (χ3v) is 4.93. The van der Waals surface area contributed by atoms with Crippen molar-refractivity contribution in [3.05, 3.63) is 23.8 Å². The number of allylic oxidation sites excluding steroid dienone is 2. The molecule has 3 heteroatoms. The molecular weight excluding hydrogens is 228 g/mol. The van der Waals surface area contributed by atoms with E-state index in [-0.39, 0.29) is 23.0 Å². The molecular formula is C15H22O3. The largest absolute Gasteiger partial charge is 0.393 e. The molecule has 2 aliphatic carbocycles. The highest BCUT2D eigenvalue weighted by atomic mass is 16.3. The van der Waals surface area contributed by atoms with Gasteiger partial charge in [0, 0.05) is 12.3 Å². The van der Waals surface area contributed by atoms with Crippen molar-refractivity contribution < 1.29 is 15.0 Å². The molecule has 0 radical (unpaired) electrons. The van der Waals surface area contributed by atoms with E-state index in [9.17, 15) is 15.0 Å². The van der Waals surface area contributed by atoms with E-state index in [1.165, 1.54) is 0 Å². The van der Waals surface area contributed by atoms with Crippen molar-refractivity contribution in [2.45, 2.75) is 45.8 Å². The molecule has 0 bridgehead atoms. The van der Waals surface area contributed by atoms with E-state index in [0.29, 0.717) is 12.8 Å². The van der Waals surface area contributed by atoms with E-state index in [1.54, 1.807) is 6.08 Å². The van der Waals surface area contributed by atoms with Gasteiger partial charge in [0.1, 0.15) is 0 Å². The Balaban J connectivity index is 2.46. The summed E-state index contributed by atoms with van der Waals surface area (Å²) < 4.78 is 0. The number of fused-ring (bicyclic) bond motifs is 1. The monoisotopic (exact) mass is 250 g/mol. The van der Waals surface area contributed by atoms with Gasteiger partial charge < -0.3 is 10.2 Å². The average molecular weight is 250 g/mol. The van der Waals surface area contributed by atoms with Crippen molar-refractivity contribution in [2.75, 3.05) is 0 Å².